The number of halogens is 1. The van der Waals surface area contributed by atoms with E-state index in [1.807, 2.05) is 12.1 Å². The second-order valence-electron chi connectivity index (χ2n) is 7.22. The summed E-state index contributed by atoms with van der Waals surface area (Å²) in [6.07, 6.45) is 7.01. The number of nitrogens with one attached hydrogen (secondary N) is 2. The normalized spacial score (nSPS) is 14.7. The molecule has 0 unspecified atom stereocenters. The molecule has 1 fully saturated rings. The summed E-state index contributed by atoms with van der Waals surface area (Å²) < 4.78 is 24.8. The molecule has 1 saturated heterocycles. The lowest BCUT2D eigenvalue weighted by atomic mass is 10.0. The fraction of sp³-hybridized carbons (Fsp3) is 0.227. The molecule has 0 spiro atoms. The molecule has 4 aromatic rings. The summed E-state index contributed by atoms with van der Waals surface area (Å²) in [5.74, 6) is 0.795. The fourth-order valence-electron chi connectivity index (χ4n) is 3.57. The van der Waals surface area contributed by atoms with Crippen LogP contribution in [0.15, 0.2) is 59.6 Å². The number of hydrogen-bond acceptors (Lipinski definition) is 7. The molecule has 0 atom stereocenters. The van der Waals surface area contributed by atoms with Gasteiger partial charge < -0.3 is 19.9 Å². The van der Waals surface area contributed by atoms with Crippen molar-refractivity contribution < 1.29 is 13.7 Å². The highest BCUT2D eigenvalue weighted by Crippen LogP contribution is 2.35. The Balaban J connectivity index is 1.52. The smallest absolute Gasteiger partial charge is 0.227 e. The van der Waals surface area contributed by atoms with Crippen LogP contribution in [0.5, 0.6) is 5.75 Å². The van der Waals surface area contributed by atoms with Crippen LogP contribution in [0, 0.1) is 5.82 Å². The zero-order valence-electron chi connectivity index (χ0n) is 16.1. The molecule has 5 rings (SSSR count). The van der Waals surface area contributed by atoms with E-state index in [1.54, 1.807) is 30.8 Å². The second kappa shape index (κ2) is 8.08. The molecule has 0 saturated carbocycles. The highest BCUT2D eigenvalue weighted by atomic mass is 19.1. The number of piperidine rings is 1. The summed E-state index contributed by atoms with van der Waals surface area (Å²) in [7, 11) is 0. The van der Waals surface area contributed by atoms with Gasteiger partial charge in [0, 0.05) is 34.5 Å². The summed E-state index contributed by atoms with van der Waals surface area (Å²) >= 11 is 0. The van der Waals surface area contributed by atoms with Crippen molar-refractivity contribution in [2.75, 3.05) is 18.4 Å². The summed E-state index contributed by atoms with van der Waals surface area (Å²) in [6.45, 7) is 1.87. The Hall–Kier alpha value is -3.52. The van der Waals surface area contributed by atoms with Crippen LogP contribution >= 0.6 is 0 Å². The van der Waals surface area contributed by atoms with E-state index in [0.717, 1.165) is 53.7 Å². The maximum atomic E-state index is 13.5. The van der Waals surface area contributed by atoms with E-state index in [2.05, 4.69) is 25.8 Å². The first-order valence-electron chi connectivity index (χ1n) is 9.85. The van der Waals surface area contributed by atoms with Gasteiger partial charge in [0.2, 0.25) is 5.95 Å². The predicted molar refractivity (Wildman–Crippen MR) is 111 cm³/mol. The van der Waals surface area contributed by atoms with E-state index in [9.17, 15) is 4.39 Å². The molecule has 7 nitrogen and oxygen atoms in total. The lowest BCUT2D eigenvalue weighted by Crippen LogP contribution is -2.34. The molecule has 0 amide bonds. The van der Waals surface area contributed by atoms with Crippen LogP contribution < -0.4 is 15.4 Å². The van der Waals surface area contributed by atoms with Crippen molar-refractivity contribution in [2.45, 2.75) is 18.9 Å². The van der Waals surface area contributed by atoms with Gasteiger partial charge in [-0.15, -0.1) is 0 Å². The molecule has 2 aromatic heterocycles. The van der Waals surface area contributed by atoms with Crippen LogP contribution in [0.3, 0.4) is 0 Å². The van der Waals surface area contributed by atoms with E-state index in [-0.39, 0.29) is 11.9 Å². The van der Waals surface area contributed by atoms with Crippen molar-refractivity contribution in [3.05, 3.63) is 60.9 Å². The van der Waals surface area contributed by atoms with Crippen LogP contribution in [0.1, 0.15) is 12.8 Å². The summed E-state index contributed by atoms with van der Waals surface area (Å²) in [5.41, 5.74) is 3.04. The first-order valence-corrected chi connectivity index (χ1v) is 9.85. The van der Waals surface area contributed by atoms with E-state index in [0.29, 0.717) is 11.6 Å². The third-order valence-corrected chi connectivity index (χ3v) is 5.09. The van der Waals surface area contributed by atoms with Gasteiger partial charge in [0.25, 0.3) is 0 Å². The SMILES string of the molecule is Fc1cccc(Nc2ncc3cc(-c4cnoc4)c(OC4CCNCC4)cc3n2)c1. The van der Waals surface area contributed by atoms with Crippen molar-refractivity contribution in [3.63, 3.8) is 0 Å². The van der Waals surface area contributed by atoms with Gasteiger partial charge in [0.15, 0.2) is 0 Å². The molecule has 2 N–H and O–H groups in total. The monoisotopic (exact) mass is 405 g/mol. The zero-order valence-corrected chi connectivity index (χ0v) is 16.1. The average Bonchev–Trinajstić information content (AvgIpc) is 3.29. The Bertz CT molecular complexity index is 1160. The third-order valence-electron chi connectivity index (χ3n) is 5.09. The van der Waals surface area contributed by atoms with Gasteiger partial charge in [-0.1, -0.05) is 11.2 Å². The molecule has 30 heavy (non-hydrogen) atoms. The fourth-order valence-corrected chi connectivity index (χ4v) is 3.57. The molecule has 8 heteroatoms. The van der Waals surface area contributed by atoms with Crippen LogP contribution in [-0.4, -0.2) is 34.3 Å². The van der Waals surface area contributed by atoms with Crippen molar-refractivity contribution in [3.8, 4) is 16.9 Å². The molecule has 1 aliphatic rings. The van der Waals surface area contributed by atoms with Crippen LogP contribution in [0.2, 0.25) is 0 Å². The molecule has 0 bridgehead atoms. The minimum atomic E-state index is -0.322. The van der Waals surface area contributed by atoms with Crippen LogP contribution in [-0.2, 0) is 0 Å². The maximum Gasteiger partial charge on any atom is 0.227 e. The standard InChI is InChI=1S/C22H20FN5O2/c23-16-2-1-3-17(9-16)27-22-25-11-14-8-19(15-12-26-29-13-15)21(10-20(14)28-22)30-18-4-6-24-7-5-18/h1-3,8-13,18,24H,4-7H2,(H,25,27,28). The maximum absolute atomic E-state index is 13.5. The van der Waals surface area contributed by atoms with Gasteiger partial charge in [-0.3, -0.25) is 0 Å². The molecule has 152 valence electrons. The van der Waals surface area contributed by atoms with Gasteiger partial charge in [-0.05, 0) is 50.2 Å². The number of rotatable bonds is 5. The summed E-state index contributed by atoms with van der Waals surface area (Å²) in [6, 6.07) is 10.1. The largest absolute Gasteiger partial charge is 0.490 e. The number of anilines is 2. The van der Waals surface area contributed by atoms with Gasteiger partial charge >= 0.3 is 0 Å². The number of benzene rings is 2. The van der Waals surface area contributed by atoms with Crippen molar-refractivity contribution in [2.24, 2.45) is 0 Å². The number of hydrogen-bond donors (Lipinski definition) is 2. The lowest BCUT2D eigenvalue weighted by Gasteiger charge is -2.25. The van der Waals surface area contributed by atoms with Gasteiger partial charge in [-0.25, -0.2) is 14.4 Å². The second-order valence-corrected chi connectivity index (χ2v) is 7.22. The first-order chi connectivity index (χ1) is 14.7. The first kappa shape index (κ1) is 18.5. The number of ether oxygens (including phenoxy) is 1. The molecule has 0 radical (unpaired) electrons. The third kappa shape index (κ3) is 3.95. The minimum absolute atomic E-state index is 0.133. The Morgan fingerprint density at radius 2 is 2.03 bits per heavy atom. The molecule has 0 aliphatic carbocycles. The number of fused-ring (bicyclic) bond motifs is 1. The Kier molecular flexibility index (Phi) is 4.98. The molecular formula is C22H20FN5O2. The Morgan fingerprint density at radius 1 is 1.13 bits per heavy atom. The predicted octanol–water partition coefficient (Wildman–Crippen LogP) is 4.30. The Morgan fingerprint density at radius 3 is 2.83 bits per heavy atom. The van der Waals surface area contributed by atoms with E-state index in [4.69, 9.17) is 9.26 Å². The summed E-state index contributed by atoms with van der Waals surface area (Å²) in [5, 5.41) is 11.1. The zero-order chi connectivity index (χ0) is 20.3. The molecule has 3 heterocycles. The van der Waals surface area contributed by atoms with Gasteiger partial charge in [-0.2, -0.15) is 0 Å². The van der Waals surface area contributed by atoms with Crippen molar-refractivity contribution in [1.29, 1.82) is 0 Å². The average molecular weight is 405 g/mol. The Labute approximate surface area is 172 Å². The van der Waals surface area contributed by atoms with Crippen molar-refractivity contribution in [1.82, 2.24) is 20.4 Å². The van der Waals surface area contributed by atoms with Crippen molar-refractivity contribution >= 4 is 22.5 Å². The topological polar surface area (TPSA) is 85.1 Å². The van der Waals surface area contributed by atoms with E-state index in [1.165, 1.54) is 12.1 Å². The highest BCUT2D eigenvalue weighted by Gasteiger charge is 2.19. The van der Waals surface area contributed by atoms with Crippen LogP contribution in [0.4, 0.5) is 16.0 Å². The molecular weight excluding hydrogens is 385 g/mol. The summed E-state index contributed by atoms with van der Waals surface area (Å²) in [4.78, 5) is 8.97. The highest BCUT2D eigenvalue weighted by molar-refractivity contribution is 5.88. The molecule has 2 aromatic carbocycles. The van der Waals surface area contributed by atoms with Crippen LogP contribution in [0.25, 0.3) is 22.0 Å². The number of aromatic nitrogens is 3. The number of nitrogens with zero attached hydrogens (tertiary/aromatic N) is 3. The lowest BCUT2D eigenvalue weighted by molar-refractivity contribution is 0.163. The minimum Gasteiger partial charge on any atom is -0.490 e. The van der Waals surface area contributed by atoms with Gasteiger partial charge in [0.1, 0.15) is 23.9 Å². The molecule has 1 aliphatic heterocycles. The quantitative estimate of drug-likeness (QED) is 0.512. The van der Waals surface area contributed by atoms with E-state index >= 15 is 0 Å². The van der Waals surface area contributed by atoms with E-state index < -0.39 is 0 Å². The van der Waals surface area contributed by atoms with Gasteiger partial charge in [0.05, 0.1) is 11.7 Å².